The quantitative estimate of drug-likeness (QED) is 0.479. The van der Waals surface area contributed by atoms with Crippen molar-refractivity contribution in [3.05, 3.63) is 105 Å². The zero-order valence-electron chi connectivity index (χ0n) is 18.1. The number of hydrogen-bond donors (Lipinski definition) is 0. The first-order valence-corrected chi connectivity index (χ1v) is 12.0. The molecule has 1 aromatic heterocycles. The summed E-state index contributed by atoms with van der Waals surface area (Å²) in [6.07, 6.45) is 8.36. The summed E-state index contributed by atoms with van der Waals surface area (Å²) in [7, 11) is 0. The van der Waals surface area contributed by atoms with Crippen LogP contribution >= 0.6 is 23.2 Å². The van der Waals surface area contributed by atoms with Crippen LogP contribution in [0.2, 0.25) is 10.0 Å². The van der Waals surface area contributed by atoms with Crippen molar-refractivity contribution < 1.29 is 0 Å². The molecule has 0 saturated carbocycles. The molecule has 5 heteroatoms. The molecular formula is C27H27Cl2N3. The van der Waals surface area contributed by atoms with E-state index in [1.54, 1.807) is 0 Å². The molecule has 1 saturated heterocycles. The van der Waals surface area contributed by atoms with Gasteiger partial charge in [-0.3, -0.25) is 14.8 Å². The zero-order valence-corrected chi connectivity index (χ0v) is 19.6. The third kappa shape index (κ3) is 4.62. The molecule has 1 fully saturated rings. The van der Waals surface area contributed by atoms with Gasteiger partial charge in [0.05, 0.1) is 16.1 Å². The number of hydrogen-bond acceptors (Lipinski definition) is 3. The average molecular weight is 464 g/mol. The van der Waals surface area contributed by atoms with E-state index in [1.807, 2.05) is 24.4 Å². The van der Waals surface area contributed by atoms with Crippen LogP contribution in [0, 0.1) is 0 Å². The average Bonchev–Trinajstić information content (AvgIpc) is 2.99. The van der Waals surface area contributed by atoms with Crippen molar-refractivity contribution in [3.63, 3.8) is 0 Å². The Bertz CT molecular complexity index is 1070. The van der Waals surface area contributed by atoms with E-state index in [4.69, 9.17) is 28.2 Å². The third-order valence-electron chi connectivity index (χ3n) is 6.59. The normalized spacial score (nSPS) is 19.5. The van der Waals surface area contributed by atoms with Crippen molar-refractivity contribution in [3.8, 4) is 0 Å². The van der Waals surface area contributed by atoms with Gasteiger partial charge < -0.3 is 0 Å². The van der Waals surface area contributed by atoms with Crippen molar-refractivity contribution in [2.45, 2.75) is 18.9 Å². The first-order valence-electron chi connectivity index (χ1n) is 11.3. The fraction of sp³-hybridized carbons (Fsp3) is 0.296. The SMILES string of the molecule is Clc1ccc(C=CCN2CCN(C3c4ccccc4CCc4ncccc43)CC2)cc1Cl. The van der Waals surface area contributed by atoms with E-state index in [1.165, 1.54) is 22.4 Å². The molecule has 1 unspecified atom stereocenters. The lowest BCUT2D eigenvalue weighted by Crippen LogP contribution is -2.47. The van der Waals surface area contributed by atoms with Gasteiger partial charge in [-0.2, -0.15) is 0 Å². The van der Waals surface area contributed by atoms with E-state index in [-0.39, 0.29) is 0 Å². The number of rotatable bonds is 4. The molecule has 2 heterocycles. The molecule has 0 radical (unpaired) electrons. The Hall–Kier alpha value is -2.17. The molecule has 0 amide bonds. The molecule has 0 N–H and O–H groups in total. The molecule has 2 aromatic carbocycles. The number of halogens is 2. The monoisotopic (exact) mass is 463 g/mol. The zero-order chi connectivity index (χ0) is 21.9. The van der Waals surface area contributed by atoms with E-state index in [2.05, 4.69) is 58.4 Å². The first-order chi connectivity index (χ1) is 15.7. The lowest BCUT2D eigenvalue weighted by Gasteiger charge is -2.40. The second kappa shape index (κ2) is 9.76. The highest BCUT2D eigenvalue weighted by molar-refractivity contribution is 6.42. The highest BCUT2D eigenvalue weighted by Gasteiger charge is 2.31. The Morgan fingerprint density at radius 3 is 2.53 bits per heavy atom. The lowest BCUT2D eigenvalue weighted by molar-refractivity contribution is 0.117. The Morgan fingerprint density at radius 1 is 0.875 bits per heavy atom. The van der Waals surface area contributed by atoms with Crippen LogP contribution in [0.4, 0.5) is 0 Å². The maximum Gasteiger partial charge on any atom is 0.0623 e. The van der Waals surface area contributed by atoms with Gasteiger partial charge in [-0.15, -0.1) is 0 Å². The van der Waals surface area contributed by atoms with Crippen LogP contribution < -0.4 is 0 Å². The van der Waals surface area contributed by atoms with Gasteiger partial charge in [0.2, 0.25) is 0 Å². The molecule has 3 nitrogen and oxygen atoms in total. The van der Waals surface area contributed by atoms with Gasteiger partial charge in [0.1, 0.15) is 0 Å². The maximum atomic E-state index is 6.13. The summed E-state index contributed by atoms with van der Waals surface area (Å²) in [6, 6.07) is 19.4. The standard InChI is InChI=1S/C27H27Cl2N3/c28-24-11-9-20(19-25(24)29)5-4-14-31-15-17-32(18-16-31)27-22-7-2-1-6-21(22)10-12-26-23(27)8-3-13-30-26/h1-9,11,13,19,27H,10,12,14-18H2. The maximum absolute atomic E-state index is 6.13. The summed E-state index contributed by atoms with van der Waals surface area (Å²) in [5.41, 5.74) is 6.62. The van der Waals surface area contributed by atoms with Crippen LogP contribution in [0.15, 0.2) is 66.9 Å². The highest BCUT2D eigenvalue weighted by atomic mass is 35.5. The number of fused-ring (bicyclic) bond motifs is 2. The Balaban J connectivity index is 1.28. The number of piperazine rings is 1. The number of benzene rings is 2. The summed E-state index contributed by atoms with van der Waals surface area (Å²) in [5, 5.41) is 1.19. The number of pyridine rings is 1. The summed E-state index contributed by atoms with van der Waals surface area (Å²) in [6.45, 7) is 5.15. The van der Waals surface area contributed by atoms with Crippen molar-refractivity contribution >= 4 is 29.3 Å². The van der Waals surface area contributed by atoms with E-state index >= 15 is 0 Å². The van der Waals surface area contributed by atoms with Crippen LogP contribution in [-0.4, -0.2) is 47.5 Å². The highest BCUT2D eigenvalue weighted by Crippen LogP contribution is 2.36. The molecule has 5 rings (SSSR count). The van der Waals surface area contributed by atoms with Crippen molar-refractivity contribution in [1.82, 2.24) is 14.8 Å². The summed E-state index contributed by atoms with van der Waals surface area (Å²) in [4.78, 5) is 9.89. The molecular weight excluding hydrogens is 437 g/mol. The molecule has 1 aliphatic carbocycles. The second-order valence-corrected chi connectivity index (χ2v) is 9.37. The number of aromatic nitrogens is 1. The smallest absolute Gasteiger partial charge is 0.0623 e. The Morgan fingerprint density at radius 2 is 1.69 bits per heavy atom. The Kier molecular flexibility index (Phi) is 6.61. The van der Waals surface area contributed by atoms with Crippen LogP contribution in [0.3, 0.4) is 0 Å². The van der Waals surface area contributed by atoms with Gasteiger partial charge in [-0.1, -0.05) is 71.8 Å². The number of nitrogens with zero attached hydrogens (tertiary/aromatic N) is 3. The van der Waals surface area contributed by atoms with Crippen LogP contribution in [-0.2, 0) is 12.8 Å². The summed E-state index contributed by atoms with van der Waals surface area (Å²) < 4.78 is 0. The molecule has 2 aliphatic rings. The van der Waals surface area contributed by atoms with Gasteiger partial charge in [0, 0.05) is 44.6 Å². The van der Waals surface area contributed by atoms with Crippen LogP contribution in [0.1, 0.15) is 34.0 Å². The van der Waals surface area contributed by atoms with E-state index in [0.717, 1.165) is 51.1 Å². The van der Waals surface area contributed by atoms with Crippen LogP contribution in [0.25, 0.3) is 6.08 Å². The van der Waals surface area contributed by atoms with Crippen molar-refractivity contribution in [2.75, 3.05) is 32.7 Å². The van der Waals surface area contributed by atoms with E-state index in [0.29, 0.717) is 16.1 Å². The fourth-order valence-electron chi connectivity index (χ4n) is 4.91. The first kappa shape index (κ1) is 21.7. The van der Waals surface area contributed by atoms with Gasteiger partial charge in [0.25, 0.3) is 0 Å². The molecule has 0 spiro atoms. The van der Waals surface area contributed by atoms with Crippen LogP contribution in [0.5, 0.6) is 0 Å². The molecule has 0 bridgehead atoms. The minimum absolute atomic E-state index is 0.298. The van der Waals surface area contributed by atoms with E-state index in [9.17, 15) is 0 Å². The molecule has 1 atom stereocenters. The summed E-state index contributed by atoms with van der Waals surface area (Å²) >= 11 is 12.1. The molecule has 1 aliphatic heterocycles. The van der Waals surface area contributed by atoms with Gasteiger partial charge in [-0.25, -0.2) is 0 Å². The predicted molar refractivity (Wildman–Crippen MR) is 133 cm³/mol. The summed E-state index contributed by atoms with van der Waals surface area (Å²) in [5.74, 6) is 0. The minimum Gasteiger partial charge on any atom is -0.297 e. The molecule has 32 heavy (non-hydrogen) atoms. The van der Waals surface area contributed by atoms with Crippen molar-refractivity contribution in [1.29, 1.82) is 0 Å². The van der Waals surface area contributed by atoms with Gasteiger partial charge >= 0.3 is 0 Å². The van der Waals surface area contributed by atoms with Gasteiger partial charge in [0.15, 0.2) is 0 Å². The molecule has 3 aromatic rings. The lowest BCUT2D eigenvalue weighted by atomic mass is 9.94. The predicted octanol–water partition coefficient (Wildman–Crippen LogP) is 5.91. The number of aryl methyl sites for hydroxylation is 2. The van der Waals surface area contributed by atoms with E-state index < -0.39 is 0 Å². The minimum atomic E-state index is 0.298. The Labute approximate surface area is 200 Å². The third-order valence-corrected chi connectivity index (χ3v) is 7.33. The van der Waals surface area contributed by atoms with Gasteiger partial charge in [-0.05, 0) is 53.3 Å². The second-order valence-electron chi connectivity index (χ2n) is 8.55. The van der Waals surface area contributed by atoms with Crippen molar-refractivity contribution in [2.24, 2.45) is 0 Å². The topological polar surface area (TPSA) is 19.4 Å². The molecule has 164 valence electrons. The fourth-order valence-corrected chi connectivity index (χ4v) is 5.22. The largest absolute Gasteiger partial charge is 0.297 e.